The van der Waals surface area contributed by atoms with Crippen LogP contribution in [0.4, 0.5) is 10.1 Å². The number of benzene rings is 1. The minimum absolute atomic E-state index is 0.138. The van der Waals surface area contributed by atoms with Gasteiger partial charge in [0.1, 0.15) is 5.82 Å². The molecule has 0 radical (unpaired) electrons. The molecule has 3 heteroatoms. The lowest BCUT2D eigenvalue weighted by Crippen LogP contribution is -2.40. The Labute approximate surface area is 109 Å². The number of nitrogens with zero attached hydrogens (tertiary/aromatic N) is 1. The molecular formula is C15H23FN2. The van der Waals surface area contributed by atoms with Crippen molar-refractivity contribution in [2.45, 2.75) is 39.7 Å². The van der Waals surface area contributed by atoms with Crippen molar-refractivity contribution in [3.8, 4) is 0 Å². The summed E-state index contributed by atoms with van der Waals surface area (Å²) in [6, 6.07) is 4.83. The lowest BCUT2D eigenvalue weighted by atomic mass is 9.83. The molecule has 1 aliphatic rings. The van der Waals surface area contributed by atoms with Crippen molar-refractivity contribution < 1.29 is 4.39 Å². The molecule has 0 unspecified atom stereocenters. The monoisotopic (exact) mass is 250 g/mol. The molecule has 2 rings (SSSR count). The lowest BCUT2D eigenvalue weighted by Gasteiger charge is -2.40. The van der Waals surface area contributed by atoms with Crippen LogP contribution in [0.2, 0.25) is 0 Å². The summed E-state index contributed by atoms with van der Waals surface area (Å²) in [6.45, 7) is 8.53. The number of rotatable bonds is 2. The fraction of sp³-hybridized carbons (Fsp3) is 0.600. The number of halogens is 1. The normalized spacial score (nSPS) is 20.8. The van der Waals surface area contributed by atoms with Gasteiger partial charge < -0.3 is 10.6 Å². The van der Waals surface area contributed by atoms with Crippen LogP contribution in [-0.4, -0.2) is 13.1 Å². The van der Waals surface area contributed by atoms with Crippen LogP contribution in [0.5, 0.6) is 0 Å². The first kappa shape index (κ1) is 13.3. The molecule has 18 heavy (non-hydrogen) atoms. The van der Waals surface area contributed by atoms with E-state index in [0.717, 1.165) is 24.3 Å². The van der Waals surface area contributed by atoms with E-state index in [1.54, 1.807) is 6.07 Å². The average molecular weight is 250 g/mol. The summed E-state index contributed by atoms with van der Waals surface area (Å²) in [5.74, 6) is -0.206. The predicted molar refractivity (Wildman–Crippen MR) is 74.2 cm³/mol. The summed E-state index contributed by atoms with van der Waals surface area (Å²) in [5.41, 5.74) is 8.29. The molecule has 2 N–H and O–H groups in total. The summed E-state index contributed by atoms with van der Waals surface area (Å²) in [4.78, 5) is 2.35. The Kier molecular flexibility index (Phi) is 3.62. The standard InChI is InChI=1S/C15H23FN2/c1-11(17)13-9-12(16)5-6-14(13)18-8-4-7-15(2,3)10-18/h5-6,9,11H,4,7-8,10,17H2,1-3H3/t11-/m1/s1. The highest BCUT2D eigenvalue weighted by molar-refractivity contribution is 5.55. The predicted octanol–water partition coefficient (Wildman–Crippen LogP) is 3.47. The summed E-state index contributed by atoms with van der Waals surface area (Å²) in [5, 5.41) is 0. The van der Waals surface area contributed by atoms with Gasteiger partial charge in [0, 0.05) is 24.8 Å². The Morgan fingerprint density at radius 3 is 2.72 bits per heavy atom. The average Bonchev–Trinajstić information content (AvgIpc) is 2.27. The quantitative estimate of drug-likeness (QED) is 0.870. The molecule has 0 saturated carbocycles. The van der Waals surface area contributed by atoms with Gasteiger partial charge in [0.2, 0.25) is 0 Å². The maximum Gasteiger partial charge on any atom is 0.123 e. The maximum atomic E-state index is 13.4. The Hall–Kier alpha value is -1.09. The summed E-state index contributed by atoms with van der Waals surface area (Å²) >= 11 is 0. The van der Waals surface area contributed by atoms with Crippen LogP contribution in [0.15, 0.2) is 18.2 Å². The molecule has 1 aromatic carbocycles. The molecule has 1 aromatic rings. The van der Waals surface area contributed by atoms with Gasteiger partial charge in [0.25, 0.3) is 0 Å². The molecule has 0 amide bonds. The number of hydrogen-bond donors (Lipinski definition) is 1. The molecule has 1 saturated heterocycles. The van der Waals surface area contributed by atoms with E-state index in [4.69, 9.17) is 5.73 Å². The van der Waals surface area contributed by atoms with Crippen LogP contribution in [0, 0.1) is 11.2 Å². The Morgan fingerprint density at radius 2 is 2.11 bits per heavy atom. The van der Waals surface area contributed by atoms with Crippen LogP contribution in [0.25, 0.3) is 0 Å². The van der Waals surface area contributed by atoms with E-state index in [9.17, 15) is 4.39 Å². The highest BCUT2D eigenvalue weighted by Gasteiger charge is 2.27. The minimum Gasteiger partial charge on any atom is -0.371 e. The van der Waals surface area contributed by atoms with Gasteiger partial charge in [-0.15, -0.1) is 0 Å². The highest BCUT2D eigenvalue weighted by Crippen LogP contribution is 2.34. The van der Waals surface area contributed by atoms with Gasteiger partial charge in [-0.25, -0.2) is 4.39 Å². The third-order valence-electron chi connectivity index (χ3n) is 3.72. The molecule has 1 aliphatic heterocycles. The van der Waals surface area contributed by atoms with Crippen molar-refractivity contribution in [1.82, 2.24) is 0 Å². The number of hydrogen-bond acceptors (Lipinski definition) is 2. The number of anilines is 1. The summed E-state index contributed by atoms with van der Waals surface area (Å²) in [7, 11) is 0. The molecular weight excluding hydrogens is 227 g/mol. The fourth-order valence-corrected chi connectivity index (χ4v) is 2.81. The summed E-state index contributed by atoms with van der Waals surface area (Å²) in [6.07, 6.45) is 2.43. The molecule has 0 spiro atoms. The van der Waals surface area contributed by atoms with Crippen molar-refractivity contribution in [3.63, 3.8) is 0 Å². The minimum atomic E-state index is -0.206. The SMILES string of the molecule is C[C@@H](N)c1cc(F)ccc1N1CCCC(C)(C)C1. The molecule has 100 valence electrons. The maximum absolute atomic E-state index is 13.4. The highest BCUT2D eigenvalue weighted by atomic mass is 19.1. The van der Waals surface area contributed by atoms with Gasteiger partial charge in [0.05, 0.1) is 0 Å². The van der Waals surface area contributed by atoms with Gasteiger partial charge in [-0.05, 0) is 48.9 Å². The van der Waals surface area contributed by atoms with E-state index in [1.807, 2.05) is 13.0 Å². The van der Waals surface area contributed by atoms with E-state index >= 15 is 0 Å². The Bertz CT molecular complexity index is 427. The second-order valence-corrected chi connectivity index (χ2v) is 6.18. The zero-order valence-corrected chi connectivity index (χ0v) is 11.5. The molecule has 1 fully saturated rings. The van der Waals surface area contributed by atoms with Gasteiger partial charge in [-0.3, -0.25) is 0 Å². The van der Waals surface area contributed by atoms with E-state index < -0.39 is 0 Å². The van der Waals surface area contributed by atoms with Gasteiger partial charge in [-0.1, -0.05) is 13.8 Å². The zero-order valence-electron chi connectivity index (χ0n) is 11.5. The number of piperidine rings is 1. The lowest BCUT2D eigenvalue weighted by molar-refractivity contribution is 0.292. The van der Waals surface area contributed by atoms with E-state index in [2.05, 4.69) is 18.7 Å². The second kappa shape index (κ2) is 4.88. The third kappa shape index (κ3) is 2.83. The van der Waals surface area contributed by atoms with E-state index in [-0.39, 0.29) is 11.9 Å². The van der Waals surface area contributed by atoms with Crippen molar-refractivity contribution in [3.05, 3.63) is 29.6 Å². The van der Waals surface area contributed by atoms with Crippen LogP contribution in [-0.2, 0) is 0 Å². The van der Waals surface area contributed by atoms with Crippen LogP contribution in [0.3, 0.4) is 0 Å². The Morgan fingerprint density at radius 1 is 1.39 bits per heavy atom. The van der Waals surface area contributed by atoms with E-state index in [0.29, 0.717) is 5.41 Å². The van der Waals surface area contributed by atoms with Crippen molar-refractivity contribution in [2.75, 3.05) is 18.0 Å². The van der Waals surface area contributed by atoms with Gasteiger partial charge >= 0.3 is 0 Å². The first-order valence-electron chi connectivity index (χ1n) is 6.69. The van der Waals surface area contributed by atoms with Crippen LogP contribution >= 0.6 is 0 Å². The zero-order chi connectivity index (χ0) is 13.3. The molecule has 0 aromatic heterocycles. The first-order valence-corrected chi connectivity index (χ1v) is 6.69. The smallest absolute Gasteiger partial charge is 0.123 e. The molecule has 1 heterocycles. The number of nitrogens with two attached hydrogens (primary N) is 1. The third-order valence-corrected chi connectivity index (χ3v) is 3.72. The van der Waals surface area contributed by atoms with Crippen molar-refractivity contribution in [2.24, 2.45) is 11.1 Å². The first-order chi connectivity index (χ1) is 8.39. The Balaban J connectivity index is 2.32. The molecule has 1 atom stereocenters. The van der Waals surface area contributed by atoms with Crippen molar-refractivity contribution in [1.29, 1.82) is 0 Å². The van der Waals surface area contributed by atoms with Crippen LogP contribution in [0.1, 0.15) is 45.2 Å². The summed E-state index contributed by atoms with van der Waals surface area (Å²) < 4.78 is 13.4. The van der Waals surface area contributed by atoms with E-state index in [1.165, 1.54) is 18.9 Å². The van der Waals surface area contributed by atoms with Gasteiger partial charge in [0.15, 0.2) is 0 Å². The van der Waals surface area contributed by atoms with Crippen molar-refractivity contribution >= 4 is 5.69 Å². The molecule has 0 aliphatic carbocycles. The largest absolute Gasteiger partial charge is 0.371 e. The van der Waals surface area contributed by atoms with Gasteiger partial charge in [-0.2, -0.15) is 0 Å². The molecule has 2 nitrogen and oxygen atoms in total. The fourth-order valence-electron chi connectivity index (χ4n) is 2.81. The van der Waals surface area contributed by atoms with Crippen LogP contribution < -0.4 is 10.6 Å². The molecule has 0 bridgehead atoms. The topological polar surface area (TPSA) is 29.3 Å². The second-order valence-electron chi connectivity index (χ2n) is 6.18.